The minimum Gasteiger partial charge on any atom is -0.370 e. The van der Waals surface area contributed by atoms with Gasteiger partial charge in [-0.1, -0.05) is 24.3 Å². The van der Waals surface area contributed by atoms with E-state index < -0.39 is 6.17 Å². The summed E-state index contributed by atoms with van der Waals surface area (Å²) in [5.41, 5.74) is 8.32. The molecule has 0 bridgehead atoms. The summed E-state index contributed by atoms with van der Waals surface area (Å²) in [6.45, 7) is 0. The summed E-state index contributed by atoms with van der Waals surface area (Å²) in [4.78, 5) is 8.90. The first-order chi connectivity index (χ1) is 10.2. The third-order valence-electron chi connectivity index (χ3n) is 3.49. The van der Waals surface area contributed by atoms with E-state index in [0.29, 0.717) is 5.95 Å². The lowest BCUT2D eigenvalue weighted by atomic mass is 10.1. The molecule has 0 fully saturated rings. The van der Waals surface area contributed by atoms with Crippen molar-refractivity contribution in [2.24, 2.45) is 10.7 Å². The molecule has 21 heavy (non-hydrogen) atoms. The molecule has 2 heterocycles. The second kappa shape index (κ2) is 4.31. The van der Waals surface area contributed by atoms with Gasteiger partial charge in [0.2, 0.25) is 5.95 Å². The first-order valence-corrected chi connectivity index (χ1v) is 6.55. The zero-order chi connectivity index (χ0) is 14.4. The summed E-state index contributed by atoms with van der Waals surface area (Å²) >= 11 is 0. The van der Waals surface area contributed by atoms with Crippen molar-refractivity contribution in [1.29, 1.82) is 0 Å². The fraction of sp³-hybridized carbons (Fsp3) is 0.0667. The summed E-state index contributed by atoms with van der Waals surface area (Å²) in [6.07, 6.45) is -0.427. The van der Waals surface area contributed by atoms with Crippen LogP contribution in [0.1, 0.15) is 11.7 Å². The fourth-order valence-corrected chi connectivity index (χ4v) is 2.61. The highest BCUT2D eigenvalue weighted by atomic mass is 19.1. The SMILES string of the molecule is NC1=N[C@@H](c2cccc(F)c2)n2c(nc3ccccc32)N1. The molecular weight excluding hydrogens is 269 g/mol. The van der Waals surface area contributed by atoms with E-state index in [4.69, 9.17) is 5.73 Å². The van der Waals surface area contributed by atoms with Crippen LogP contribution in [-0.2, 0) is 0 Å². The molecule has 3 aromatic rings. The number of guanidine groups is 1. The molecule has 3 N–H and O–H groups in total. The van der Waals surface area contributed by atoms with Crippen LogP contribution in [-0.4, -0.2) is 15.5 Å². The van der Waals surface area contributed by atoms with Gasteiger partial charge in [0.05, 0.1) is 11.0 Å². The van der Waals surface area contributed by atoms with Crippen LogP contribution in [0, 0.1) is 5.82 Å². The fourth-order valence-electron chi connectivity index (χ4n) is 2.61. The third-order valence-corrected chi connectivity index (χ3v) is 3.49. The van der Waals surface area contributed by atoms with Crippen LogP contribution in [0.3, 0.4) is 0 Å². The number of nitrogens with one attached hydrogen (secondary N) is 1. The Hall–Kier alpha value is -2.89. The molecule has 1 aliphatic rings. The van der Waals surface area contributed by atoms with E-state index in [1.807, 2.05) is 34.9 Å². The molecule has 0 saturated heterocycles. The van der Waals surface area contributed by atoms with Crippen LogP contribution in [0.2, 0.25) is 0 Å². The number of anilines is 1. The van der Waals surface area contributed by atoms with Crippen LogP contribution in [0.4, 0.5) is 10.3 Å². The highest BCUT2D eigenvalue weighted by molar-refractivity contribution is 5.94. The van der Waals surface area contributed by atoms with Crippen molar-refractivity contribution < 1.29 is 4.39 Å². The van der Waals surface area contributed by atoms with Gasteiger partial charge in [-0.2, -0.15) is 0 Å². The van der Waals surface area contributed by atoms with Gasteiger partial charge in [0.15, 0.2) is 12.1 Å². The highest BCUT2D eigenvalue weighted by Crippen LogP contribution is 2.32. The molecule has 0 saturated carbocycles. The summed E-state index contributed by atoms with van der Waals surface area (Å²) in [5.74, 6) is 0.579. The lowest BCUT2D eigenvalue weighted by molar-refractivity contribution is 0.598. The van der Waals surface area contributed by atoms with Crippen LogP contribution in [0.5, 0.6) is 0 Å². The number of benzene rings is 2. The Kier molecular flexibility index (Phi) is 2.44. The topological polar surface area (TPSA) is 68.2 Å². The van der Waals surface area contributed by atoms with Gasteiger partial charge < -0.3 is 5.73 Å². The minimum absolute atomic E-state index is 0.270. The van der Waals surface area contributed by atoms with Gasteiger partial charge in [0.25, 0.3) is 0 Å². The van der Waals surface area contributed by atoms with Crippen molar-refractivity contribution in [3.05, 3.63) is 59.9 Å². The first-order valence-electron chi connectivity index (χ1n) is 6.55. The standard InChI is InChI=1S/C15H12FN5/c16-10-5-3-4-9(8-10)13-19-14(17)20-15-18-11-6-1-2-7-12(11)21(13)15/h1-8,13H,(H3,17,18,19,20)/t13-/m1/s1. The lowest BCUT2D eigenvalue weighted by Gasteiger charge is -2.23. The molecule has 0 amide bonds. The molecule has 5 nitrogen and oxygen atoms in total. The van der Waals surface area contributed by atoms with Crippen molar-refractivity contribution >= 4 is 22.9 Å². The summed E-state index contributed by atoms with van der Waals surface area (Å²) in [5, 5.41) is 2.95. The predicted octanol–water partition coefficient (Wildman–Crippen LogP) is 2.46. The molecule has 1 atom stereocenters. The maximum absolute atomic E-state index is 13.5. The van der Waals surface area contributed by atoms with Crippen molar-refractivity contribution in [1.82, 2.24) is 9.55 Å². The number of halogens is 1. The van der Waals surface area contributed by atoms with Gasteiger partial charge in [-0.25, -0.2) is 14.4 Å². The quantitative estimate of drug-likeness (QED) is 0.720. The van der Waals surface area contributed by atoms with E-state index in [1.165, 1.54) is 12.1 Å². The number of nitrogens with zero attached hydrogens (tertiary/aromatic N) is 3. The number of nitrogens with two attached hydrogens (primary N) is 1. The van der Waals surface area contributed by atoms with Crippen molar-refractivity contribution in [3.63, 3.8) is 0 Å². The molecule has 1 aromatic heterocycles. The molecule has 104 valence electrons. The van der Waals surface area contributed by atoms with Gasteiger partial charge in [0, 0.05) is 0 Å². The van der Waals surface area contributed by atoms with Gasteiger partial charge >= 0.3 is 0 Å². The minimum atomic E-state index is -0.427. The zero-order valence-electron chi connectivity index (χ0n) is 11.0. The maximum Gasteiger partial charge on any atom is 0.212 e. The monoisotopic (exact) mass is 281 g/mol. The second-order valence-corrected chi connectivity index (χ2v) is 4.86. The van der Waals surface area contributed by atoms with Crippen LogP contribution >= 0.6 is 0 Å². The van der Waals surface area contributed by atoms with Crippen molar-refractivity contribution in [2.45, 2.75) is 6.17 Å². The van der Waals surface area contributed by atoms with E-state index in [2.05, 4.69) is 15.3 Å². The molecule has 0 spiro atoms. The van der Waals surface area contributed by atoms with Crippen LogP contribution in [0.25, 0.3) is 11.0 Å². The smallest absolute Gasteiger partial charge is 0.212 e. The molecule has 0 aliphatic carbocycles. The molecule has 2 aromatic carbocycles. The number of aromatic nitrogens is 2. The number of hydrogen-bond donors (Lipinski definition) is 2. The number of rotatable bonds is 1. The summed E-state index contributed by atoms with van der Waals surface area (Å²) in [7, 11) is 0. The van der Waals surface area contributed by atoms with Crippen molar-refractivity contribution in [3.8, 4) is 0 Å². The third kappa shape index (κ3) is 1.84. The molecule has 0 unspecified atom stereocenters. The average Bonchev–Trinajstić information content (AvgIpc) is 2.84. The van der Waals surface area contributed by atoms with Crippen LogP contribution < -0.4 is 11.1 Å². The first kappa shape index (κ1) is 11.9. The summed E-state index contributed by atoms with van der Waals surface area (Å²) < 4.78 is 15.4. The van der Waals surface area contributed by atoms with Gasteiger partial charge in [-0.05, 0) is 29.8 Å². The van der Waals surface area contributed by atoms with E-state index >= 15 is 0 Å². The Balaban J connectivity index is 1.97. The maximum atomic E-state index is 13.5. The zero-order valence-corrected chi connectivity index (χ0v) is 11.0. The van der Waals surface area contributed by atoms with Gasteiger partial charge in [-0.15, -0.1) is 0 Å². The van der Waals surface area contributed by atoms with Gasteiger partial charge in [-0.3, -0.25) is 9.88 Å². The largest absolute Gasteiger partial charge is 0.370 e. The van der Waals surface area contributed by atoms with E-state index in [-0.39, 0.29) is 11.8 Å². The van der Waals surface area contributed by atoms with E-state index in [9.17, 15) is 4.39 Å². The Morgan fingerprint density at radius 3 is 2.86 bits per heavy atom. The average molecular weight is 281 g/mol. The predicted molar refractivity (Wildman–Crippen MR) is 79.5 cm³/mol. The Labute approximate surface area is 119 Å². The van der Waals surface area contributed by atoms with Gasteiger partial charge in [0.1, 0.15) is 5.82 Å². The number of imidazole rings is 1. The molecule has 0 radical (unpaired) electrons. The van der Waals surface area contributed by atoms with Crippen LogP contribution in [0.15, 0.2) is 53.5 Å². The second-order valence-electron chi connectivity index (χ2n) is 4.86. The Morgan fingerprint density at radius 1 is 1.14 bits per heavy atom. The lowest BCUT2D eigenvalue weighted by Crippen LogP contribution is -2.31. The molecule has 6 heteroatoms. The van der Waals surface area contributed by atoms with E-state index in [0.717, 1.165) is 16.6 Å². The molecule has 1 aliphatic heterocycles. The molecule has 4 rings (SSSR count). The Bertz CT molecular complexity index is 867. The van der Waals surface area contributed by atoms with E-state index in [1.54, 1.807) is 6.07 Å². The summed E-state index contributed by atoms with van der Waals surface area (Å²) in [6, 6.07) is 14.1. The normalized spacial score (nSPS) is 17.2. The number of fused-ring (bicyclic) bond motifs is 3. The number of aliphatic imine (C=N–C) groups is 1. The number of para-hydroxylation sites is 2. The highest BCUT2D eigenvalue weighted by Gasteiger charge is 2.25. The number of hydrogen-bond acceptors (Lipinski definition) is 4. The Morgan fingerprint density at radius 2 is 2.00 bits per heavy atom. The van der Waals surface area contributed by atoms with Crippen molar-refractivity contribution in [2.75, 3.05) is 5.32 Å². The molecular formula is C15H12FN5.